The highest BCUT2D eigenvalue weighted by Crippen LogP contribution is 2.17. The Morgan fingerprint density at radius 1 is 1.13 bits per heavy atom. The third-order valence-corrected chi connectivity index (χ3v) is 6.06. The van der Waals surface area contributed by atoms with E-state index in [0.717, 1.165) is 78.1 Å². The molecule has 170 valence electrons. The number of ether oxygens (including phenoxy) is 1. The Balaban J connectivity index is 0.00000320. The molecular formula is C23H40IN5O. The second-order valence-corrected chi connectivity index (χ2v) is 7.99. The molecule has 1 atom stereocenters. The quantitative estimate of drug-likeness (QED) is 0.319. The van der Waals surface area contributed by atoms with Gasteiger partial charge < -0.3 is 15.0 Å². The van der Waals surface area contributed by atoms with E-state index in [4.69, 9.17) is 9.73 Å². The number of rotatable bonds is 8. The summed E-state index contributed by atoms with van der Waals surface area (Å²) >= 11 is 0. The number of nitrogens with one attached hydrogen (secondary N) is 1. The second kappa shape index (κ2) is 13.5. The predicted octanol–water partition coefficient (Wildman–Crippen LogP) is 3.02. The molecule has 30 heavy (non-hydrogen) atoms. The molecule has 0 bridgehead atoms. The Morgan fingerprint density at radius 3 is 2.57 bits per heavy atom. The maximum absolute atomic E-state index is 5.51. The molecule has 2 aliphatic rings. The lowest BCUT2D eigenvalue weighted by atomic mass is 10.1. The van der Waals surface area contributed by atoms with Crippen LogP contribution >= 0.6 is 24.0 Å². The minimum Gasteiger partial charge on any atom is -0.379 e. The zero-order valence-corrected chi connectivity index (χ0v) is 21.3. The van der Waals surface area contributed by atoms with Gasteiger partial charge in [0.25, 0.3) is 0 Å². The van der Waals surface area contributed by atoms with Crippen LogP contribution in [0.4, 0.5) is 0 Å². The van der Waals surface area contributed by atoms with Crippen molar-refractivity contribution in [2.45, 2.75) is 46.3 Å². The third-order valence-electron chi connectivity index (χ3n) is 6.06. The Bertz CT molecular complexity index is 646. The smallest absolute Gasteiger partial charge is 0.194 e. The molecule has 1 N–H and O–H groups in total. The van der Waals surface area contributed by atoms with Gasteiger partial charge in [0.05, 0.1) is 19.8 Å². The summed E-state index contributed by atoms with van der Waals surface area (Å²) in [5.41, 5.74) is 2.66. The molecule has 2 heterocycles. The molecule has 1 aromatic carbocycles. The SMILES string of the molecule is CCNC(=NCc1cccc(CN(CC)CC)c1)N1CCC(N2CCOCC2)C1.I. The fourth-order valence-corrected chi connectivity index (χ4v) is 4.30. The highest BCUT2D eigenvalue weighted by Gasteiger charge is 2.30. The van der Waals surface area contributed by atoms with Crippen molar-refractivity contribution in [2.75, 3.05) is 59.0 Å². The van der Waals surface area contributed by atoms with Crippen LogP contribution in [0.3, 0.4) is 0 Å². The highest BCUT2D eigenvalue weighted by molar-refractivity contribution is 14.0. The predicted molar refractivity (Wildman–Crippen MR) is 136 cm³/mol. The minimum atomic E-state index is 0. The van der Waals surface area contributed by atoms with Crippen LogP contribution in [0.1, 0.15) is 38.3 Å². The van der Waals surface area contributed by atoms with Gasteiger partial charge in [-0.3, -0.25) is 9.80 Å². The Morgan fingerprint density at radius 2 is 1.87 bits per heavy atom. The van der Waals surface area contributed by atoms with Gasteiger partial charge in [-0.05, 0) is 37.6 Å². The lowest BCUT2D eigenvalue weighted by Crippen LogP contribution is -2.46. The van der Waals surface area contributed by atoms with Gasteiger partial charge in [0.2, 0.25) is 0 Å². The molecule has 0 saturated carbocycles. The van der Waals surface area contributed by atoms with Crippen molar-refractivity contribution >= 4 is 29.9 Å². The average Bonchev–Trinajstić information content (AvgIpc) is 3.26. The molecule has 0 spiro atoms. The highest BCUT2D eigenvalue weighted by atomic mass is 127. The molecule has 6 nitrogen and oxygen atoms in total. The summed E-state index contributed by atoms with van der Waals surface area (Å²) in [6.07, 6.45) is 1.21. The third kappa shape index (κ3) is 7.35. The molecule has 2 saturated heterocycles. The van der Waals surface area contributed by atoms with Crippen molar-refractivity contribution < 1.29 is 4.74 Å². The number of likely N-dealkylation sites (tertiary alicyclic amines) is 1. The minimum absolute atomic E-state index is 0. The first kappa shape index (κ1) is 25.4. The first-order valence-electron chi connectivity index (χ1n) is 11.4. The second-order valence-electron chi connectivity index (χ2n) is 7.99. The number of hydrogen-bond donors (Lipinski definition) is 1. The number of morpholine rings is 1. The summed E-state index contributed by atoms with van der Waals surface area (Å²) in [6, 6.07) is 9.52. The maximum Gasteiger partial charge on any atom is 0.194 e. The molecule has 2 aliphatic heterocycles. The van der Waals surface area contributed by atoms with E-state index in [-0.39, 0.29) is 24.0 Å². The van der Waals surface area contributed by atoms with E-state index >= 15 is 0 Å². The zero-order chi connectivity index (χ0) is 20.5. The van der Waals surface area contributed by atoms with Gasteiger partial charge >= 0.3 is 0 Å². The number of aliphatic imine (C=N–C) groups is 1. The van der Waals surface area contributed by atoms with Crippen LogP contribution in [0.15, 0.2) is 29.3 Å². The lowest BCUT2D eigenvalue weighted by molar-refractivity contribution is 0.0195. The van der Waals surface area contributed by atoms with Gasteiger partial charge in [-0.25, -0.2) is 4.99 Å². The number of guanidine groups is 1. The van der Waals surface area contributed by atoms with E-state index in [1.807, 2.05) is 0 Å². The standard InChI is InChI=1S/C23H39N5O.HI/c1-4-24-23(28-11-10-22(19-28)27-12-14-29-15-13-27)25-17-20-8-7-9-21(16-20)18-26(5-2)6-3;/h7-9,16,22H,4-6,10-15,17-19H2,1-3H3,(H,24,25);1H. The first-order chi connectivity index (χ1) is 14.2. The number of halogens is 1. The van der Waals surface area contributed by atoms with Crippen molar-refractivity contribution in [3.05, 3.63) is 35.4 Å². The van der Waals surface area contributed by atoms with Crippen molar-refractivity contribution in [3.63, 3.8) is 0 Å². The Kier molecular flexibility index (Phi) is 11.4. The molecule has 0 amide bonds. The molecule has 0 radical (unpaired) electrons. The van der Waals surface area contributed by atoms with E-state index in [2.05, 4.69) is 65.1 Å². The van der Waals surface area contributed by atoms with Crippen molar-refractivity contribution in [2.24, 2.45) is 4.99 Å². The molecule has 0 aliphatic carbocycles. The van der Waals surface area contributed by atoms with Gasteiger partial charge in [-0.1, -0.05) is 38.1 Å². The van der Waals surface area contributed by atoms with Crippen molar-refractivity contribution in [1.82, 2.24) is 20.0 Å². The van der Waals surface area contributed by atoms with E-state index in [1.54, 1.807) is 0 Å². The van der Waals surface area contributed by atoms with Crippen LogP contribution < -0.4 is 5.32 Å². The lowest BCUT2D eigenvalue weighted by Gasteiger charge is -2.32. The van der Waals surface area contributed by atoms with Crippen LogP contribution in [0.25, 0.3) is 0 Å². The van der Waals surface area contributed by atoms with E-state index in [0.29, 0.717) is 6.04 Å². The first-order valence-corrected chi connectivity index (χ1v) is 11.4. The Labute approximate surface area is 200 Å². The fraction of sp³-hybridized carbons (Fsp3) is 0.696. The average molecular weight is 530 g/mol. The topological polar surface area (TPSA) is 43.3 Å². The number of nitrogens with zero attached hydrogens (tertiary/aromatic N) is 4. The summed E-state index contributed by atoms with van der Waals surface area (Å²) in [6.45, 7) is 17.4. The van der Waals surface area contributed by atoms with Gasteiger partial charge in [0.1, 0.15) is 0 Å². The van der Waals surface area contributed by atoms with E-state index in [1.165, 1.54) is 17.5 Å². The molecule has 3 rings (SSSR count). The van der Waals surface area contributed by atoms with Crippen molar-refractivity contribution in [1.29, 1.82) is 0 Å². The number of benzene rings is 1. The van der Waals surface area contributed by atoms with Crippen LogP contribution in [-0.2, 0) is 17.8 Å². The largest absolute Gasteiger partial charge is 0.379 e. The molecule has 1 unspecified atom stereocenters. The summed E-state index contributed by atoms with van der Waals surface area (Å²) in [4.78, 5) is 12.4. The van der Waals surface area contributed by atoms with Gasteiger partial charge in [0.15, 0.2) is 5.96 Å². The summed E-state index contributed by atoms with van der Waals surface area (Å²) in [5, 5.41) is 3.51. The van der Waals surface area contributed by atoms with Crippen LogP contribution in [0, 0.1) is 0 Å². The van der Waals surface area contributed by atoms with E-state index < -0.39 is 0 Å². The summed E-state index contributed by atoms with van der Waals surface area (Å²) in [5.74, 6) is 1.05. The van der Waals surface area contributed by atoms with Gasteiger partial charge in [0, 0.05) is 45.3 Å². The van der Waals surface area contributed by atoms with Crippen molar-refractivity contribution in [3.8, 4) is 0 Å². The van der Waals surface area contributed by atoms with E-state index in [9.17, 15) is 0 Å². The fourth-order valence-electron chi connectivity index (χ4n) is 4.30. The molecular weight excluding hydrogens is 489 g/mol. The zero-order valence-electron chi connectivity index (χ0n) is 19.0. The van der Waals surface area contributed by atoms with Gasteiger partial charge in [-0.2, -0.15) is 0 Å². The molecule has 7 heteroatoms. The van der Waals surface area contributed by atoms with Gasteiger partial charge in [-0.15, -0.1) is 24.0 Å². The Hall–Kier alpha value is -0.900. The van der Waals surface area contributed by atoms with Crippen LogP contribution in [0.5, 0.6) is 0 Å². The van der Waals surface area contributed by atoms with Crippen LogP contribution in [-0.4, -0.2) is 85.7 Å². The summed E-state index contributed by atoms with van der Waals surface area (Å²) in [7, 11) is 0. The monoisotopic (exact) mass is 529 g/mol. The summed E-state index contributed by atoms with van der Waals surface area (Å²) < 4.78 is 5.51. The maximum atomic E-state index is 5.51. The molecule has 2 fully saturated rings. The van der Waals surface area contributed by atoms with Crippen LogP contribution in [0.2, 0.25) is 0 Å². The number of hydrogen-bond acceptors (Lipinski definition) is 4. The molecule has 0 aromatic heterocycles. The molecule has 1 aromatic rings. The normalized spacial score (nSPS) is 20.5.